The van der Waals surface area contributed by atoms with Gasteiger partial charge in [-0.1, -0.05) is 17.7 Å². The van der Waals surface area contributed by atoms with Crippen LogP contribution in [-0.4, -0.2) is 45.4 Å². The second kappa shape index (κ2) is 9.34. The number of methoxy groups -OCH3 is 1. The second-order valence-corrected chi connectivity index (χ2v) is 8.04. The van der Waals surface area contributed by atoms with E-state index in [1.165, 1.54) is 37.4 Å². The number of non-ortho nitro benzene ring substituents is 1. The molecule has 0 radical (unpaired) electrons. The number of nitrogens with one attached hydrogen (secondary N) is 1. The lowest BCUT2D eigenvalue weighted by Gasteiger charge is -2.21. The molecule has 1 amide bonds. The maximum absolute atomic E-state index is 12.2. The number of hydrogen-bond donors (Lipinski definition) is 1. The molecular formula is C17H17ClN4O6S. The van der Waals surface area contributed by atoms with E-state index in [4.69, 9.17) is 16.3 Å². The fourth-order valence-corrected chi connectivity index (χ4v) is 3.26. The van der Waals surface area contributed by atoms with E-state index < -0.39 is 27.4 Å². The fraction of sp³-hybridized carbons (Fsp3) is 0.176. The van der Waals surface area contributed by atoms with Crippen molar-refractivity contribution in [2.24, 2.45) is 5.10 Å². The minimum Gasteiger partial charge on any atom is -0.497 e. The van der Waals surface area contributed by atoms with Gasteiger partial charge in [0, 0.05) is 28.8 Å². The van der Waals surface area contributed by atoms with E-state index >= 15 is 0 Å². The van der Waals surface area contributed by atoms with Gasteiger partial charge in [0.2, 0.25) is 10.0 Å². The summed E-state index contributed by atoms with van der Waals surface area (Å²) in [5, 5.41) is 14.7. The smallest absolute Gasteiger partial charge is 0.270 e. The van der Waals surface area contributed by atoms with Crippen molar-refractivity contribution in [3.8, 4) is 5.75 Å². The maximum Gasteiger partial charge on any atom is 0.270 e. The van der Waals surface area contributed by atoms with Gasteiger partial charge in [-0.25, -0.2) is 13.8 Å². The number of carbonyl (C=O) groups is 1. The summed E-state index contributed by atoms with van der Waals surface area (Å²) in [6.07, 6.45) is 2.09. The van der Waals surface area contributed by atoms with Crippen LogP contribution in [0.4, 0.5) is 11.4 Å². The molecule has 0 aliphatic rings. The number of sulfonamides is 1. The Balaban J connectivity index is 2.14. The summed E-state index contributed by atoms with van der Waals surface area (Å²) in [5.41, 5.74) is 2.44. The first-order valence-corrected chi connectivity index (χ1v) is 10.2. The third-order valence-electron chi connectivity index (χ3n) is 3.61. The van der Waals surface area contributed by atoms with E-state index in [2.05, 4.69) is 10.5 Å². The number of amides is 1. The Morgan fingerprint density at radius 2 is 2.07 bits per heavy atom. The standard InChI is InChI=1S/C17H17ClN4O6S/c1-28-15-5-3-4-13(9-15)21(29(2,26)27)11-17(23)20-19-10-12-8-14(22(24)25)6-7-16(12)18/h3-10H,11H2,1-2H3,(H,20,23)/b19-10-. The highest BCUT2D eigenvalue weighted by molar-refractivity contribution is 7.92. The quantitative estimate of drug-likeness (QED) is 0.380. The molecule has 0 heterocycles. The summed E-state index contributed by atoms with van der Waals surface area (Å²) < 4.78 is 30.1. The fourth-order valence-electron chi connectivity index (χ4n) is 2.25. The number of halogens is 1. The molecule has 0 saturated carbocycles. The summed E-state index contributed by atoms with van der Waals surface area (Å²) in [4.78, 5) is 22.4. The van der Waals surface area contributed by atoms with Gasteiger partial charge in [-0.05, 0) is 18.2 Å². The zero-order valence-electron chi connectivity index (χ0n) is 15.4. The van der Waals surface area contributed by atoms with Crippen LogP contribution in [0.3, 0.4) is 0 Å². The van der Waals surface area contributed by atoms with Gasteiger partial charge in [0.05, 0.1) is 30.2 Å². The van der Waals surface area contributed by atoms with E-state index in [1.54, 1.807) is 12.1 Å². The minimum absolute atomic E-state index is 0.191. The highest BCUT2D eigenvalue weighted by Gasteiger charge is 2.21. The summed E-state index contributed by atoms with van der Waals surface area (Å²) in [6, 6.07) is 9.97. The van der Waals surface area contributed by atoms with Crippen LogP contribution in [0, 0.1) is 10.1 Å². The molecule has 1 N–H and O–H groups in total. The molecule has 0 spiro atoms. The van der Waals surface area contributed by atoms with E-state index in [9.17, 15) is 23.3 Å². The van der Waals surface area contributed by atoms with Crippen molar-refractivity contribution in [2.75, 3.05) is 24.2 Å². The summed E-state index contributed by atoms with van der Waals surface area (Å²) in [5.74, 6) is -0.300. The van der Waals surface area contributed by atoms with Crippen molar-refractivity contribution < 1.29 is 22.9 Å². The Labute approximate surface area is 171 Å². The molecule has 0 fully saturated rings. The van der Waals surface area contributed by atoms with Crippen LogP contribution in [0.25, 0.3) is 0 Å². The molecular weight excluding hydrogens is 424 g/mol. The summed E-state index contributed by atoms with van der Waals surface area (Å²) in [7, 11) is -2.33. The van der Waals surface area contributed by atoms with Gasteiger partial charge in [0.15, 0.2) is 0 Å². The Morgan fingerprint density at radius 1 is 1.34 bits per heavy atom. The number of hydrazone groups is 1. The number of anilines is 1. The lowest BCUT2D eigenvalue weighted by atomic mass is 10.2. The van der Waals surface area contributed by atoms with Gasteiger partial charge < -0.3 is 4.74 Å². The zero-order chi connectivity index (χ0) is 21.6. The molecule has 0 aliphatic carbocycles. The van der Waals surface area contributed by atoms with Gasteiger partial charge in [0.1, 0.15) is 12.3 Å². The van der Waals surface area contributed by atoms with Crippen LogP contribution in [0.15, 0.2) is 47.6 Å². The first-order valence-electron chi connectivity index (χ1n) is 7.99. The van der Waals surface area contributed by atoms with Crippen molar-refractivity contribution >= 4 is 45.1 Å². The lowest BCUT2D eigenvalue weighted by Crippen LogP contribution is -2.39. The average Bonchev–Trinajstić information content (AvgIpc) is 2.66. The lowest BCUT2D eigenvalue weighted by molar-refractivity contribution is -0.384. The maximum atomic E-state index is 12.2. The molecule has 0 saturated heterocycles. The van der Waals surface area contributed by atoms with Crippen LogP contribution in [-0.2, 0) is 14.8 Å². The van der Waals surface area contributed by atoms with Crippen molar-refractivity contribution in [3.63, 3.8) is 0 Å². The van der Waals surface area contributed by atoms with Gasteiger partial charge in [-0.2, -0.15) is 5.10 Å². The third-order valence-corrected chi connectivity index (χ3v) is 5.10. The predicted molar refractivity (Wildman–Crippen MR) is 109 cm³/mol. The molecule has 12 heteroatoms. The number of ether oxygens (including phenoxy) is 1. The van der Waals surface area contributed by atoms with E-state index in [-0.39, 0.29) is 22.0 Å². The van der Waals surface area contributed by atoms with Gasteiger partial charge >= 0.3 is 0 Å². The predicted octanol–water partition coefficient (Wildman–Crippen LogP) is 2.17. The molecule has 0 aromatic heterocycles. The SMILES string of the molecule is COc1cccc(N(CC(=O)N/N=C\c2cc([N+](=O)[O-])ccc2Cl)S(C)(=O)=O)c1. The molecule has 0 unspecified atom stereocenters. The zero-order valence-corrected chi connectivity index (χ0v) is 17.0. The van der Waals surface area contributed by atoms with E-state index in [0.29, 0.717) is 5.75 Å². The molecule has 0 bridgehead atoms. The van der Waals surface area contributed by atoms with Crippen molar-refractivity contribution in [1.82, 2.24) is 5.43 Å². The number of carbonyl (C=O) groups excluding carboxylic acids is 1. The van der Waals surface area contributed by atoms with Gasteiger partial charge in [-0.15, -0.1) is 0 Å². The molecule has 2 rings (SSSR count). The molecule has 10 nitrogen and oxygen atoms in total. The normalized spacial score (nSPS) is 11.3. The minimum atomic E-state index is -3.77. The Bertz CT molecular complexity index is 1060. The first kappa shape index (κ1) is 22.1. The average molecular weight is 441 g/mol. The number of nitro benzene ring substituents is 1. The largest absolute Gasteiger partial charge is 0.497 e. The van der Waals surface area contributed by atoms with E-state index in [0.717, 1.165) is 16.8 Å². The Hall–Kier alpha value is -3.18. The third kappa shape index (κ3) is 6.16. The number of nitrogens with zero attached hydrogens (tertiary/aromatic N) is 3. The van der Waals surface area contributed by atoms with Crippen molar-refractivity contribution in [3.05, 3.63) is 63.2 Å². The molecule has 2 aromatic carbocycles. The summed E-state index contributed by atoms with van der Waals surface area (Å²) in [6.45, 7) is -0.536. The second-order valence-electron chi connectivity index (χ2n) is 5.73. The Kier molecular flexibility index (Phi) is 7.13. The molecule has 0 aliphatic heterocycles. The van der Waals surface area contributed by atoms with Gasteiger partial charge in [0.25, 0.3) is 11.6 Å². The number of benzene rings is 2. The monoisotopic (exact) mass is 440 g/mol. The van der Waals surface area contributed by atoms with Crippen molar-refractivity contribution in [2.45, 2.75) is 0 Å². The topological polar surface area (TPSA) is 131 Å². The highest BCUT2D eigenvalue weighted by atomic mass is 35.5. The van der Waals surface area contributed by atoms with Gasteiger partial charge in [-0.3, -0.25) is 19.2 Å². The van der Waals surface area contributed by atoms with Crippen LogP contribution in [0.1, 0.15) is 5.56 Å². The number of rotatable bonds is 8. The number of nitro groups is 1. The first-order chi connectivity index (χ1) is 13.6. The summed E-state index contributed by atoms with van der Waals surface area (Å²) >= 11 is 5.94. The van der Waals surface area contributed by atoms with Crippen LogP contribution in [0.2, 0.25) is 5.02 Å². The molecule has 2 aromatic rings. The van der Waals surface area contributed by atoms with E-state index in [1.807, 2.05) is 0 Å². The van der Waals surface area contributed by atoms with Crippen LogP contribution in [0.5, 0.6) is 5.75 Å². The number of hydrogen-bond acceptors (Lipinski definition) is 7. The Morgan fingerprint density at radius 3 is 2.69 bits per heavy atom. The van der Waals surface area contributed by atoms with Crippen LogP contribution < -0.4 is 14.5 Å². The highest BCUT2D eigenvalue weighted by Crippen LogP contribution is 2.23. The van der Waals surface area contributed by atoms with Crippen molar-refractivity contribution in [1.29, 1.82) is 0 Å². The molecule has 154 valence electrons. The van der Waals surface area contributed by atoms with Crippen LogP contribution >= 0.6 is 11.6 Å². The molecule has 29 heavy (non-hydrogen) atoms. The molecule has 0 atom stereocenters.